The number of ether oxygens (including phenoxy) is 2. The average molecular weight is 250 g/mol. The highest BCUT2D eigenvalue weighted by molar-refractivity contribution is 7.80. The van der Waals surface area contributed by atoms with E-state index in [1.54, 1.807) is 6.92 Å². The maximum Gasteiger partial charge on any atom is 0.313 e. The molecule has 0 aliphatic carbocycles. The Balaban J connectivity index is 2.11. The number of rotatable bonds is 3. The molecule has 0 bridgehead atoms. The molecule has 0 aromatic heterocycles. The lowest BCUT2D eigenvalue weighted by Crippen LogP contribution is -2.21. The van der Waals surface area contributed by atoms with Crippen molar-refractivity contribution < 1.29 is 14.3 Å². The molecule has 1 unspecified atom stereocenters. The van der Waals surface area contributed by atoms with Crippen LogP contribution in [-0.2, 0) is 14.3 Å². The van der Waals surface area contributed by atoms with E-state index in [0.717, 1.165) is 5.56 Å². The third-order valence-electron chi connectivity index (χ3n) is 2.89. The number of hydrogen-bond acceptors (Lipinski definition) is 4. The normalized spacial score (nSPS) is 23.2. The van der Waals surface area contributed by atoms with Gasteiger partial charge < -0.3 is 9.47 Å². The van der Waals surface area contributed by atoms with E-state index in [9.17, 15) is 4.79 Å². The molecule has 1 heterocycles. The number of esters is 1. The standard InChI is InChI=1S/C13H14O3S/c1-9(17)15-8-12-11(7-16-13(12)14)10-5-3-2-4-6-10/h2-6,11-12H,7-8H2,1H3/t11?,12-/m1/s1. The molecule has 1 aromatic carbocycles. The van der Waals surface area contributed by atoms with E-state index < -0.39 is 0 Å². The van der Waals surface area contributed by atoms with Gasteiger partial charge in [-0.3, -0.25) is 4.79 Å². The van der Waals surface area contributed by atoms with Crippen molar-refractivity contribution in [2.75, 3.05) is 13.2 Å². The van der Waals surface area contributed by atoms with Gasteiger partial charge in [-0.15, -0.1) is 0 Å². The van der Waals surface area contributed by atoms with Crippen molar-refractivity contribution in [3.05, 3.63) is 35.9 Å². The summed E-state index contributed by atoms with van der Waals surface area (Å²) in [7, 11) is 0. The lowest BCUT2D eigenvalue weighted by Gasteiger charge is -2.15. The molecule has 0 amide bonds. The van der Waals surface area contributed by atoms with Crippen LogP contribution < -0.4 is 0 Å². The fourth-order valence-electron chi connectivity index (χ4n) is 1.98. The van der Waals surface area contributed by atoms with Crippen LogP contribution in [0.1, 0.15) is 18.4 Å². The van der Waals surface area contributed by atoms with Crippen LogP contribution in [0.4, 0.5) is 0 Å². The van der Waals surface area contributed by atoms with Gasteiger partial charge in [-0.1, -0.05) is 30.3 Å². The first-order chi connectivity index (χ1) is 8.18. The van der Waals surface area contributed by atoms with Crippen LogP contribution >= 0.6 is 12.2 Å². The van der Waals surface area contributed by atoms with Gasteiger partial charge in [-0.25, -0.2) is 0 Å². The molecule has 1 fully saturated rings. The molecule has 1 aromatic rings. The van der Waals surface area contributed by atoms with Gasteiger partial charge in [0.15, 0.2) is 5.05 Å². The van der Waals surface area contributed by atoms with Crippen molar-refractivity contribution in [1.82, 2.24) is 0 Å². The SMILES string of the molecule is CC(=S)OC[C@H]1C(=O)OCC1c1ccccc1. The number of cyclic esters (lactones) is 1. The summed E-state index contributed by atoms with van der Waals surface area (Å²) < 4.78 is 10.4. The largest absolute Gasteiger partial charge is 0.486 e. The Hall–Kier alpha value is -1.42. The van der Waals surface area contributed by atoms with E-state index >= 15 is 0 Å². The minimum Gasteiger partial charge on any atom is -0.486 e. The number of carbonyl (C=O) groups excluding carboxylic acids is 1. The van der Waals surface area contributed by atoms with Gasteiger partial charge in [0.05, 0.1) is 6.61 Å². The summed E-state index contributed by atoms with van der Waals surface area (Å²) in [6, 6.07) is 9.88. The molecule has 0 N–H and O–H groups in total. The van der Waals surface area contributed by atoms with Gasteiger partial charge in [0.1, 0.15) is 12.5 Å². The molecule has 1 aliphatic rings. The third-order valence-corrected chi connectivity index (χ3v) is 3.01. The molecular weight excluding hydrogens is 236 g/mol. The molecule has 3 nitrogen and oxygen atoms in total. The third kappa shape index (κ3) is 2.82. The molecule has 4 heteroatoms. The molecule has 0 spiro atoms. The van der Waals surface area contributed by atoms with Crippen LogP contribution in [0, 0.1) is 5.92 Å². The van der Waals surface area contributed by atoms with E-state index in [0.29, 0.717) is 18.3 Å². The summed E-state index contributed by atoms with van der Waals surface area (Å²) in [6.45, 7) is 2.42. The molecule has 0 saturated carbocycles. The summed E-state index contributed by atoms with van der Waals surface area (Å²) in [5, 5.41) is 0.455. The highest BCUT2D eigenvalue weighted by atomic mass is 32.1. The maximum absolute atomic E-state index is 11.6. The highest BCUT2D eigenvalue weighted by Gasteiger charge is 2.38. The minimum atomic E-state index is -0.254. The molecule has 90 valence electrons. The fourth-order valence-corrected chi connectivity index (χ4v) is 2.05. The quantitative estimate of drug-likeness (QED) is 0.609. The second-order valence-corrected chi connectivity index (χ2v) is 4.63. The van der Waals surface area contributed by atoms with Crippen LogP contribution in [0.2, 0.25) is 0 Å². The summed E-state index contributed by atoms with van der Waals surface area (Å²) in [5.74, 6) is -0.386. The van der Waals surface area contributed by atoms with Crippen LogP contribution in [-0.4, -0.2) is 24.2 Å². The van der Waals surface area contributed by atoms with Crippen LogP contribution in [0.3, 0.4) is 0 Å². The van der Waals surface area contributed by atoms with Gasteiger partial charge in [0, 0.05) is 12.8 Å². The van der Waals surface area contributed by atoms with Crippen LogP contribution in [0.25, 0.3) is 0 Å². The van der Waals surface area contributed by atoms with Crippen molar-refractivity contribution in [2.45, 2.75) is 12.8 Å². The lowest BCUT2D eigenvalue weighted by atomic mass is 9.89. The number of benzene rings is 1. The second kappa shape index (κ2) is 5.27. The van der Waals surface area contributed by atoms with E-state index in [-0.39, 0.29) is 17.8 Å². The highest BCUT2D eigenvalue weighted by Crippen LogP contribution is 2.31. The molecule has 2 atom stereocenters. The Labute approximate surface area is 106 Å². The van der Waals surface area contributed by atoms with Crippen LogP contribution in [0.5, 0.6) is 0 Å². The zero-order valence-corrected chi connectivity index (χ0v) is 10.4. The fraction of sp³-hybridized carbons (Fsp3) is 0.385. The van der Waals surface area contributed by atoms with E-state index in [2.05, 4.69) is 0 Å². The Morgan fingerprint density at radius 1 is 1.47 bits per heavy atom. The molecule has 1 saturated heterocycles. The molecule has 0 radical (unpaired) electrons. The molecule has 17 heavy (non-hydrogen) atoms. The lowest BCUT2D eigenvalue weighted by molar-refractivity contribution is -0.142. The Bertz CT molecular complexity index is 416. The second-order valence-electron chi connectivity index (χ2n) is 4.06. The summed E-state index contributed by atoms with van der Waals surface area (Å²) >= 11 is 4.85. The van der Waals surface area contributed by atoms with Gasteiger partial charge in [-0.2, -0.15) is 0 Å². The maximum atomic E-state index is 11.6. The number of hydrogen-bond donors (Lipinski definition) is 0. The number of carbonyl (C=O) groups is 1. The minimum absolute atomic E-state index is 0.0676. The smallest absolute Gasteiger partial charge is 0.313 e. The van der Waals surface area contributed by atoms with Crippen molar-refractivity contribution in [3.8, 4) is 0 Å². The van der Waals surface area contributed by atoms with E-state index in [1.165, 1.54) is 0 Å². The van der Waals surface area contributed by atoms with Crippen molar-refractivity contribution in [2.24, 2.45) is 5.92 Å². The van der Waals surface area contributed by atoms with Crippen LogP contribution in [0.15, 0.2) is 30.3 Å². The van der Waals surface area contributed by atoms with E-state index in [4.69, 9.17) is 21.7 Å². The Kier molecular flexibility index (Phi) is 3.74. The van der Waals surface area contributed by atoms with Gasteiger partial charge in [0.2, 0.25) is 0 Å². The number of thiocarbonyl (C=S) groups is 1. The van der Waals surface area contributed by atoms with Crippen molar-refractivity contribution >= 4 is 23.2 Å². The van der Waals surface area contributed by atoms with Crippen molar-refractivity contribution in [1.29, 1.82) is 0 Å². The topological polar surface area (TPSA) is 35.5 Å². The first-order valence-corrected chi connectivity index (χ1v) is 5.94. The average Bonchev–Trinajstić information content (AvgIpc) is 2.69. The summed E-state index contributed by atoms with van der Waals surface area (Å²) in [4.78, 5) is 11.6. The predicted octanol–water partition coefficient (Wildman–Crippen LogP) is 2.31. The first-order valence-electron chi connectivity index (χ1n) is 5.53. The first kappa shape index (κ1) is 12.0. The molecule has 1 aliphatic heterocycles. The summed E-state index contributed by atoms with van der Waals surface area (Å²) in [6.07, 6.45) is 0. The van der Waals surface area contributed by atoms with Crippen molar-refractivity contribution in [3.63, 3.8) is 0 Å². The van der Waals surface area contributed by atoms with Gasteiger partial charge in [0.25, 0.3) is 0 Å². The monoisotopic (exact) mass is 250 g/mol. The van der Waals surface area contributed by atoms with Gasteiger partial charge in [-0.05, 0) is 17.8 Å². The van der Waals surface area contributed by atoms with Gasteiger partial charge >= 0.3 is 5.97 Å². The predicted molar refractivity (Wildman–Crippen MR) is 67.9 cm³/mol. The molecular formula is C13H14O3S. The molecule has 2 rings (SSSR count). The zero-order valence-electron chi connectivity index (χ0n) is 9.59. The Morgan fingerprint density at radius 2 is 2.18 bits per heavy atom. The summed E-state index contributed by atoms with van der Waals surface area (Å²) in [5.41, 5.74) is 1.11. The van der Waals surface area contributed by atoms with E-state index in [1.807, 2.05) is 30.3 Å². The Morgan fingerprint density at radius 3 is 2.82 bits per heavy atom. The zero-order chi connectivity index (χ0) is 12.3.